The largest absolute Gasteiger partial charge is 0.300 e. The van der Waals surface area contributed by atoms with Gasteiger partial charge in [0.15, 0.2) is 0 Å². The van der Waals surface area contributed by atoms with E-state index in [1.165, 1.54) is 10.6 Å². The molecule has 6 nitrogen and oxygen atoms in total. The molecular weight excluding hydrogens is 204 g/mol. The highest BCUT2D eigenvalue weighted by Crippen LogP contribution is 2.13. The minimum atomic E-state index is -3.11. The molecule has 0 amide bonds. The Morgan fingerprint density at radius 3 is 2.71 bits per heavy atom. The van der Waals surface area contributed by atoms with Crippen molar-refractivity contribution in [1.82, 2.24) is 19.1 Å². The molecule has 1 aliphatic rings. The molecule has 1 aromatic rings. The molecule has 0 N–H and O–H groups in total. The summed E-state index contributed by atoms with van der Waals surface area (Å²) in [4.78, 5) is 0. The molecule has 2 heterocycles. The third-order valence-corrected chi connectivity index (χ3v) is 3.60. The van der Waals surface area contributed by atoms with Crippen LogP contribution in [0.4, 0.5) is 0 Å². The second kappa shape index (κ2) is 3.03. The van der Waals surface area contributed by atoms with Crippen molar-refractivity contribution in [2.45, 2.75) is 20.0 Å². The van der Waals surface area contributed by atoms with Gasteiger partial charge in [-0.05, 0) is 6.92 Å². The molecule has 7 heteroatoms. The smallest absolute Gasteiger partial charge is 0.212 e. The number of nitrogens with zero attached hydrogens (tertiary/aromatic N) is 4. The molecule has 0 spiro atoms. The van der Waals surface area contributed by atoms with Crippen LogP contribution in [0.5, 0.6) is 0 Å². The molecule has 0 aromatic carbocycles. The Balaban J connectivity index is 2.33. The van der Waals surface area contributed by atoms with E-state index in [-0.39, 0.29) is 0 Å². The first-order valence-electron chi connectivity index (χ1n) is 4.32. The van der Waals surface area contributed by atoms with Crippen LogP contribution in [0.15, 0.2) is 0 Å². The molecule has 1 aliphatic heterocycles. The topological polar surface area (TPSA) is 68.1 Å². The maximum Gasteiger partial charge on any atom is 0.212 e. The number of aryl methyl sites for hydroxylation is 1. The molecule has 0 bridgehead atoms. The number of aromatic nitrogens is 3. The maximum absolute atomic E-state index is 11.3. The second-order valence-corrected chi connectivity index (χ2v) is 5.40. The van der Waals surface area contributed by atoms with Gasteiger partial charge in [-0.3, -0.25) is 0 Å². The fraction of sp³-hybridized carbons (Fsp3) is 0.714. The van der Waals surface area contributed by atoms with Crippen LogP contribution in [-0.4, -0.2) is 40.3 Å². The standard InChI is InChI=1S/C7H12N4O2S/c1-6-8-9-7-3-4-10(5-11(6)7)14(2,12)13/h3-5H2,1-2H3. The SMILES string of the molecule is Cc1nnc2n1CN(S(C)(=O)=O)CC2. The Bertz CT molecular complexity index is 450. The number of hydrogen-bond donors (Lipinski definition) is 0. The monoisotopic (exact) mass is 216 g/mol. The highest BCUT2D eigenvalue weighted by molar-refractivity contribution is 7.88. The molecule has 0 radical (unpaired) electrons. The van der Waals surface area contributed by atoms with Crippen molar-refractivity contribution in [3.8, 4) is 0 Å². The van der Waals surface area contributed by atoms with Crippen LogP contribution in [0.3, 0.4) is 0 Å². The van der Waals surface area contributed by atoms with E-state index in [2.05, 4.69) is 10.2 Å². The molecule has 0 atom stereocenters. The zero-order chi connectivity index (χ0) is 10.3. The van der Waals surface area contributed by atoms with Crippen molar-refractivity contribution in [3.63, 3.8) is 0 Å². The summed E-state index contributed by atoms with van der Waals surface area (Å²) in [6.45, 7) is 2.66. The van der Waals surface area contributed by atoms with E-state index in [1.807, 2.05) is 11.5 Å². The van der Waals surface area contributed by atoms with E-state index in [9.17, 15) is 8.42 Å². The van der Waals surface area contributed by atoms with Gasteiger partial charge in [-0.1, -0.05) is 0 Å². The Morgan fingerprint density at radius 2 is 2.07 bits per heavy atom. The van der Waals surface area contributed by atoms with Crippen molar-refractivity contribution < 1.29 is 8.42 Å². The van der Waals surface area contributed by atoms with Gasteiger partial charge in [-0.2, -0.15) is 4.31 Å². The zero-order valence-electron chi connectivity index (χ0n) is 8.13. The van der Waals surface area contributed by atoms with Crippen LogP contribution in [0, 0.1) is 6.92 Å². The number of hydrogen-bond acceptors (Lipinski definition) is 4. The van der Waals surface area contributed by atoms with Crippen molar-refractivity contribution in [1.29, 1.82) is 0 Å². The van der Waals surface area contributed by atoms with E-state index in [0.29, 0.717) is 19.6 Å². The molecule has 2 rings (SSSR count). The summed E-state index contributed by atoms with van der Waals surface area (Å²) in [7, 11) is -3.11. The van der Waals surface area contributed by atoms with Gasteiger partial charge >= 0.3 is 0 Å². The van der Waals surface area contributed by atoms with Crippen molar-refractivity contribution in [2.75, 3.05) is 12.8 Å². The molecule has 14 heavy (non-hydrogen) atoms. The van der Waals surface area contributed by atoms with Crippen LogP contribution in [0.25, 0.3) is 0 Å². The highest BCUT2D eigenvalue weighted by atomic mass is 32.2. The fourth-order valence-corrected chi connectivity index (χ4v) is 2.27. The minimum absolute atomic E-state index is 0.340. The molecule has 0 aliphatic carbocycles. The lowest BCUT2D eigenvalue weighted by atomic mass is 10.3. The zero-order valence-corrected chi connectivity index (χ0v) is 8.95. The lowest BCUT2D eigenvalue weighted by Crippen LogP contribution is -2.38. The van der Waals surface area contributed by atoms with E-state index in [0.717, 1.165) is 11.6 Å². The van der Waals surface area contributed by atoms with Crippen molar-refractivity contribution in [2.24, 2.45) is 0 Å². The average molecular weight is 216 g/mol. The van der Waals surface area contributed by atoms with Gasteiger partial charge in [0.05, 0.1) is 12.9 Å². The predicted molar refractivity (Wildman–Crippen MR) is 50.0 cm³/mol. The van der Waals surface area contributed by atoms with Crippen molar-refractivity contribution in [3.05, 3.63) is 11.6 Å². The first kappa shape index (κ1) is 9.60. The summed E-state index contributed by atoms with van der Waals surface area (Å²) in [5, 5.41) is 7.87. The average Bonchev–Trinajstić information content (AvgIpc) is 2.46. The molecule has 0 saturated carbocycles. The molecule has 0 fully saturated rings. The molecule has 78 valence electrons. The van der Waals surface area contributed by atoms with Crippen LogP contribution in [0.2, 0.25) is 0 Å². The Hall–Kier alpha value is -0.950. The normalized spacial score (nSPS) is 18.1. The molecule has 0 unspecified atom stereocenters. The van der Waals surface area contributed by atoms with Crippen LogP contribution in [-0.2, 0) is 23.1 Å². The predicted octanol–water partition coefficient (Wildman–Crippen LogP) is -0.638. The van der Waals surface area contributed by atoms with E-state index >= 15 is 0 Å². The molecular formula is C7H12N4O2S. The van der Waals surface area contributed by atoms with Crippen molar-refractivity contribution >= 4 is 10.0 Å². The fourth-order valence-electron chi connectivity index (χ4n) is 1.52. The minimum Gasteiger partial charge on any atom is -0.300 e. The third kappa shape index (κ3) is 1.53. The van der Waals surface area contributed by atoms with Gasteiger partial charge in [0, 0.05) is 13.0 Å². The summed E-state index contributed by atoms with van der Waals surface area (Å²) in [6.07, 6.45) is 1.85. The van der Waals surface area contributed by atoms with Gasteiger partial charge < -0.3 is 4.57 Å². The van der Waals surface area contributed by atoms with Gasteiger partial charge in [-0.15, -0.1) is 10.2 Å². The third-order valence-electron chi connectivity index (χ3n) is 2.37. The summed E-state index contributed by atoms with van der Waals surface area (Å²) < 4.78 is 25.9. The van der Waals surface area contributed by atoms with Gasteiger partial charge in [0.2, 0.25) is 10.0 Å². The molecule has 1 aromatic heterocycles. The lowest BCUT2D eigenvalue weighted by molar-refractivity contribution is 0.308. The highest BCUT2D eigenvalue weighted by Gasteiger charge is 2.24. The van der Waals surface area contributed by atoms with Gasteiger partial charge in [-0.25, -0.2) is 8.42 Å². The number of sulfonamides is 1. The Labute approximate surface area is 82.6 Å². The first-order valence-corrected chi connectivity index (χ1v) is 6.17. The maximum atomic E-state index is 11.3. The summed E-state index contributed by atoms with van der Waals surface area (Å²) in [5.41, 5.74) is 0. The quantitative estimate of drug-likeness (QED) is 0.626. The van der Waals surface area contributed by atoms with Gasteiger partial charge in [0.25, 0.3) is 0 Å². The summed E-state index contributed by atoms with van der Waals surface area (Å²) >= 11 is 0. The van der Waals surface area contributed by atoms with Crippen LogP contribution in [0.1, 0.15) is 11.6 Å². The Kier molecular flexibility index (Phi) is 2.07. The van der Waals surface area contributed by atoms with Crippen LogP contribution < -0.4 is 0 Å². The number of rotatable bonds is 1. The Morgan fingerprint density at radius 1 is 1.36 bits per heavy atom. The number of fused-ring (bicyclic) bond motifs is 1. The second-order valence-electron chi connectivity index (χ2n) is 3.42. The van der Waals surface area contributed by atoms with E-state index in [4.69, 9.17) is 0 Å². The van der Waals surface area contributed by atoms with E-state index < -0.39 is 10.0 Å². The van der Waals surface area contributed by atoms with Gasteiger partial charge in [0.1, 0.15) is 11.6 Å². The van der Waals surface area contributed by atoms with E-state index in [1.54, 1.807) is 0 Å². The molecule has 0 saturated heterocycles. The lowest BCUT2D eigenvalue weighted by Gasteiger charge is -2.25. The summed E-state index contributed by atoms with van der Waals surface area (Å²) in [5.74, 6) is 1.62. The summed E-state index contributed by atoms with van der Waals surface area (Å²) in [6, 6.07) is 0. The first-order chi connectivity index (χ1) is 6.48. The van der Waals surface area contributed by atoms with Crippen LogP contribution >= 0.6 is 0 Å².